The SMILES string of the molecule is CC(C)(C)Cc1cncn1CC1CCNCC1. The van der Waals surface area contributed by atoms with Crippen LogP contribution in [0.3, 0.4) is 0 Å². The number of nitrogens with one attached hydrogen (secondary N) is 1. The highest BCUT2D eigenvalue weighted by Gasteiger charge is 2.18. The standard InChI is InChI=1S/C14H25N3/c1-14(2,3)8-13-9-16-11-17(13)10-12-4-6-15-7-5-12/h9,11-12,15H,4-8,10H2,1-3H3. The smallest absolute Gasteiger partial charge is 0.0948 e. The Bertz CT molecular complexity index is 343. The van der Waals surface area contributed by atoms with E-state index in [9.17, 15) is 0 Å². The highest BCUT2D eigenvalue weighted by molar-refractivity contribution is 5.01. The van der Waals surface area contributed by atoms with E-state index in [0.29, 0.717) is 5.41 Å². The molecule has 0 radical (unpaired) electrons. The summed E-state index contributed by atoms with van der Waals surface area (Å²) >= 11 is 0. The molecule has 0 bridgehead atoms. The fraction of sp³-hybridized carbons (Fsp3) is 0.786. The highest BCUT2D eigenvalue weighted by Crippen LogP contribution is 2.22. The van der Waals surface area contributed by atoms with Crippen LogP contribution >= 0.6 is 0 Å². The van der Waals surface area contributed by atoms with E-state index in [4.69, 9.17) is 0 Å². The third kappa shape index (κ3) is 3.84. The lowest BCUT2D eigenvalue weighted by Crippen LogP contribution is -2.30. The molecule has 1 aromatic heterocycles. The molecule has 0 spiro atoms. The summed E-state index contributed by atoms with van der Waals surface area (Å²) in [5.74, 6) is 0.823. The lowest BCUT2D eigenvalue weighted by Gasteiger charge is -2.25. The molecule has 0 aromatic carbocycles. The van der Waals surface area contributed by atoms with Gasteiger partial charge in [-0.1, -0.05) is 20.8 Å². The van der Waals surface area contributed by atoms with E-state index in [1.807, 2.05) is 12.5 Å². The predicted octanol–water partition coefficient (Wildman–Crippen LogP) is 2.47. The second kappa shape index (κ2) is 5.21. The zero-order valence-electron chi connectivity index (χ0n) is 11.4. The molecule has 1 aliphatic heterocycles. The summed E-state index contributed by atoms with van der Waals surface area (Å²) in [6.45, 7) is 10.4. The number of hydrogen-bond acceptors (Lipinski definition) is 2. The van der Waals surface area contributed by atoms with Crippen LogP contribution in [0.15, 0.2) is 12.5 Å². The van der Waals surface area contributed by atoms with E-state index < -0.39 is 0 Å². The number of imidazole rings is 1. The molecule has 1 fully saturated rings. The fourth-order valence-corrected chi connectivity index (χ4v) is 2.55. The Morgan fingerprint density at radius 2 is 2.06 bits per heavy atom. The van der Waals surface area contributed by atoms with Crippen molar-refractivity contribution in [3.63, 3.8) is 0 Å². The fourth-order valence-electron chi connectivity index (χ4n) is 2.55. The highest BCUT2D eigenvalue weighted by atomic mass is 15.0. The molecule has 3 heteroatoms. The van der Waals surface area contributed by atoms with Crippen LogP contribution in [-0.4, -0.2) is 22.6 Å². The zero-order valence-corrected chi connectivity index (χ0v) is 11.4. The molecule has 3 nitrogen and oxygen atoms in total. The summed E-state index contributed by atoms with van der Waals surface area (Å²) in [5.41, 5.74) is 1.72. The Labute approximate surface area is 105 Å². The van der Waals surface area contributed by atoms with Crippen molar-refractivity contribution in [3.8, 4) is 0 Å². The second-order valence-corrected chi connectivity index (χ2v) is 6.47. The number of nitrogens with zero attached hydrogens (tertiary/aromatic N) is 2. The zero-order chi connectivity index (χ0) is 12.3. The average Bonchev–Trinajstić information content (AvgIpc) is 2.65. The molecule has 0 atom stereocenters. The van der Waals surface area contributed by atoms with E-state index in [0.717, 1.165) is 18.9 Å². The minimum atomic E-state index is 0.339. The molecule has 2 rings (SSSR count). The quantitative estimate of drug-likeness (QED) is 0.872. The third-order valence-electron chi connectivity index (χ3n) is 3.42. The first kappa shape index (κ1) is 12.6. The second-order valence-electron chi connectivity index (χ2n) is 6.47. The Balaban J connectivity index is 1.98. The van der Waals surface area contributed by atoms with Crippen LogP contribution in [0.25, 0.3) is 0 Å². The van der Waals surface area contributed by atoms with Crippen molar-refractivity contribution < 1.29 is 0 Å². The summed E-state index contributed by atoms with van der Waals surface area (Å²) in [4.78, 5) is 4.32. The minimum absolute atomic E-state index is 0.339. The van der Waals surface area contributed by atoms with Gasteiger partial charge in [0.15, 0.2) is 0 Å². The Morgan fingerprint density at radius 1 is 1.35 bits per heavy atom. The Hall–Kier alpha value is -0.830. The molecule has 0 amide bonds. The van der Waals surface area contributed by atoms with Crippen molar-refractivity contribution in [2.24, 2.45) is 11.3 Å². The van der Waals surface area contributed by atoms with Gasteiger partial charge in [-0.05, 0) is 43.7 Å². The first-order valence-corrected chi connectivity index (χ1v) is 6.74. The van der Waals surface area contributed by atoms with Crippen molar-refractivity contribution in [2.75, 3.05) is 13.1 Å². The summed E-state index contributed by atoms with van der Waals surface area (Å²) in [6, 6.07) is 0. The van der Waals surface area contributed by atoms with Gasteiger partial charge in [0.2, 0.25) is 0 Å². The van der Waals surface area contributed by atoms with Crippen LogP contribution < -0.4 is 5.32 Å². The van der Waals surface area contributed by atoms with Crippen molar-refractivity contribution >= 4 is 0 Å². The van der Waals surface area contributed by atoms with E-state index >= 15 is 0 Å². The molecule has 1 saturated heterocycles. The maximum absolute atomic E-state index is 4.32. The van der Waals surface area contributed by atoms with E-state index in [2.05, 4.69) is 35.6 Å². The van der Waals surface area contributed by atoms with Gasteiger partial charge in [-0.25, -0.2) is 4.98 Å². The van der Waals surface area contributed by atoms with Gasteiger partial charge in [0.05, 0.1) is 6.33 Å². The molecule has 1 aliphatic rings. The van der Waals surface area contributed by atoms with Crippen LogP contribution in [0.4, 0.5) is 0 Å². The molecule has 1 aromatic rings. The molecular formula is C14H25N3. The summed E-state index contributed by atoms with van der Waals surface area (Å²) in [5, 5.41) is 3.42. The monoisotopic (exact) mass is 235 g/mol. The molecule has 0 unspecified atom stereocenters. The predicted molar refractivity (Wildman–Crippen MR) is 71.0 cm³/mol. The topological polar surface area (TPSA) is 29.9 Å². The Kier molecular flexibility index (Phi) is 3.87. The van der Waals surface area contributed by atoms with Gasteiger partial charge < -0.3 is 9.88 Å². The molecule has 17 heavy (non-hydrogen) atoms. The lowest BCUT2D eigenvalue weighted by atomic mass is 9.90. The van der Waals surface area contributed by atoms with Crippen LogP contribution in [0.5, 0.6) is 0 Å². The van der Waals surface area contributed by atoms with E-state index in [-0.39, 0.29) is 0 Å². The maximum Gasteiger partial charge on any atom is 0.0948 e. The molecule has 96 valence electrons. The largest absolute Gasteiger partial charge is 0.334 e. The van der Waals surface area contributed by atoms with Crippen molar-refractivity contribution in [3.05, 3.63) is 18.2 Å². The van der Waals surface area contributed by atoms with Gasteiger partial charge in [0, 0.05) is 18.4 Å². The summed E-state index contributed by atoms with van der Waals surface area (Å²) in [7, 11) is 0. The number of hydrogen-bond donors (Lipinski definition) is 1. The maximum atomic E-state index is 4.32. The number of rotatable bonds is 3. The normalized spacial score (nSPS) is 18.5. The van der Waals surface area contributed by atoms with Gasteiger partial charge in [0.1, 0.15) is 0 Å². The van der Waals surface area contributed by atoms with Gasteiger partial charge in [-0.3, -0.25) is 0 Å². The van der Waals surface area contributed by atoms with Gasteiger partial charge >= 0.3 is 0 Å². The number of piperidine rings is 1. The van der Waals surface area contributed by atoms with E-state index in [1.54, 1.807) is 0 Å². The first-order chi connectivity index (χ1) is 8.04. The number of aromatic nitrogens is 2. The molecule has 0 saturated carbocycles. The molecule has 0 aliphatic carbocycles. The lowest BCUT2D eigenvalue weighted by molar-refractivity contribution is 0.322. The third-order valence-corrected chi connectivity index (χ3v) is 3.42. The molecule has 1 N–H and O–H groups in total. The van der Waals surface area contributed by atoms with Crippen LogP contribution in [0, 0.1) is 11.3 Å². The van der Waals surface area contributed by atoms with Crippen LogP contribution in [-0.2, 0) is 13.0 Å². The van der Waals surface area contributed by atoms with Crippen molar-refractivity contribution in [1.82, 2.24) is 14.9 Å². The van der Waals surface area contributed by atoms with Crippen molar-refractivity contribution in [1.29, 1.82) is 0 Å². The first-order valence-electron chi connectivity index (χ1n) is 6.74. The van der Waals surface area contributed by atoms with Crippen LogP contribution in [0.2, 0.25) is 0 Å². The van der Waals surface area contributed by atoms with Gasteiger partial charge in [-0.2, -0.15) is 0 Å². The summed E-state index contributed by atoms with van der Waals surface area (Å²) < 4.78 is 2.36. The average molecular weight is 235 g/mol. The van der Waals surface area contributed by atoms with Crippen molar-refractivity contribution in [2.45, 2.75) is 46.6 Å². The summed E-state index contributed by atoms with van der Waals surface area (Å²) in [6.07, 6.45) is 7.74. The minimum Gasteiger partial charge on any atom is -0.334 e. The molecular weight excluding hydrogens is 210 g/mol. The van der Waals surface area contributed by atoms with Crippen LogP contribution in [0.1, 0.15) is 39.3 Å². The van der Waals surface area contributed by atoms with Gasteiger partial charge in [-0.15, -0.1) is 0 Å². The molecule has 2 heterocycles. The van der Waals surface area contributed by atoms with E-state index in [1.165, 1.54) is 31.6 Å². The van der Waals surface area contributed by atoms with Gasteiger partial charge in [0.25, 0.3) is 0 Å². The Morgan fingerprint density at radius 3 is 2.71 bits per heavy atom.